The normalized spacial score (nSPS) is 18.2. The van der Waals surface area contributed by atoms with Crippen LogP contribution in [0.25, 0.3) is 0 Å². The second-order valence-corrected chi connectivity index (χ2v) is 6.89. The summed E-state index contributed by atoms with van der Waals surface area (Å²) >= 11 is 0. The molecule has 0 spiro atoms. The van der Waals surface area contributed by atoms with Crippen molar-refractivity contribution in [2.24, 2.45) is 0 Å². The van der Waals surface area contributed by atoms with E-state index >= 15 is 0 Å². The molecule has 2 nitrogen and oxygen atoms in total. The van der Waals surface area contributed by atoms with Crippen molar-refractivity contribution in [2.45, 2.75) is 104 Å². The molecule has 0 aliphatic carbocycles. The highest BCUT2D eigenvalue weighted by Crippen LogP contribution is 2.25. The third-order valence-electron chi connectivity index (χ3n) is 5.10. The molecular formula is C20H40N2. The molecule has 0 aromatic heterocycles. The molecule has 0 amide bonds. The first-order chi connectivity index (χ1) is 10.7. The van der Waals surface area contributed by atoms with Gasteiger partial charge in [0, 0.05) is 25.5 Å². The van der Waals surface area contributed by atoms with E-state index in [1.54, 1.807) is 0 Å². The summed E-state index contributed by atoms with van der Waals surface area (Å²) in [6.07, 6.45) is 19.6. The highest BCUT2D eigenvalue weighted by atomic mass is 15.4. The maximum absolute atomic E-state index is 2.57. The fraction of sp³-hybridized carbons (Fsp3) is 0.900. The van der Waals surface area contributed by atoms with Gasteiger partial charge in [-0.15, -0.1) is 0 Å². The molecule has 1 unspecified atom stereocenters. The Morgan fingerprint density at radius 3 is 1.86 bits per heavy atom. The van der Waals surface area contributed by atoms with Gasteiger partial charge in [-0.25, -0.2) is 0 Å². The first-order valence-electron chi connectivity index (χ1n) is 9.93. The largest absolute Gasteiger partial charge is 0.356 e. The van der Waals surface area contributed by atoms with E-state index in [0.717, 1.165) is 6.42 Å². The number of rotatable bonds is 13. The van der Waals surface area contributed by atoms with Gasteiger partial charge in [-0.2, -0.15) is 0 Å². The zero-order valence-corrected chi connectivity index (χ0v) is 15.7. The highest BCUT2D eigenvalue weighted by molar-refractivity contribution is 5.08. The molecular weight excluding hydrogens is 268 g/mol. The van der Waals surface area contributed by atoms with Crippen LogP contribution in [-0.4, -0.2) is 29.6 Å². The van der Waals surface area contributed by atoms with Gasteiger partial charge in [-0.3, -0.25) is 0 Å². The van der Waals surface area contributed by atoms with Crippen LogP contribution < -0.4 is 0 Å². The van der Waals surface area contributed by atoms with E-state index in [-0.39, 0.29) is 0 Å². The molecule has 1 atom stereocenters. The van der Waals surface area contributed by atoms with Crippen molar-refractivity contribution >= 4 is 0 Å². The Bertz CT molecular complexity index is 298. The summed E-state index contributed by atoms with van der Waals surface area (Å²) in [6.45, 7) is 8.10. The van der Waals surface area contributed by atoms with E-state index in [1.807, 2.05) is 0 Å². The van der Waals surface area contributed by atoms with Crippen molar-refractivity contribution < 1.29 is 0 Å². The summed E-state index contributed by atoms with van der Waals surface area (Å²) in [7, 11) is 2.25. The van der Waals surface area contributed by atoms with E-state index < -0.39 is 0 Å². The molecule has 0 aromatic carbocycles. The quantitative estimate of drug-likeness (QED) is 0.377. The van der Waals surface area contributed by atoms with Gasteiger partial charge in [0.1, 0.15) is 6.17 Å². The molecule has 0 bridgehead atoms. The minimum absolute atomic E-state index is 0.605. The standard InChI is InChI=1S/C20H40N2/c1-5-8-9-10-11-12-13-14-15-16-17-22-18-19(6-2)21(4)20(22)7-3/h18,20H,5-17H2,1-4H3. The van der Waals surface area contributed by atoms with E-state index in [2.05, 4.69) is 43.8 Å². The molecule has 1 heterocycles. The van der Waals surface area contributed by atoms with E-state index in [9.17, 15) is 0 Å². The van der Waals surface area contributed by atoms with Gasteiger partial charge < -0.3 is 9.80 Å². The van der Waals surface area contributed by atoms with Crippen molar-refractivity contribution in [2.75, 3.05) is 13.6 Å². The summed E-state index contributed by atoms with van der Waals surface area (Å²) in [4.78, 5) is 5.04. The topological polar surface area (TPSA) is 6.48 Å². The van der Waals surface area contributed by atoms with Gasteiger partial charge in [0.25, 0.3) is 0 Å². The van der Waals surface area contributed by atoms with Crippen LogP contribution >= 0.6 is 0 Å². The molecule has 22 heavy (non-hydrogen) atoms. The fourth-order valence-electron chi connectivity index (χ4n) is 3.63. The molecule has 0 aromatic rings. The molecule has 1 aliphatic heterocycles. The zero-order chi connectivity index (χ0) is 16.2. The number of hydrogen-bond acceptors (Lipinski definition) is 2. The van der Waals surface area contributed by atoms with Crippen LogP contribution in [0.15, 0.2) is 11.9 Å². The van der Waals surface area contributed by atoms with E-state index in [4.69, 9.17) is 0 Å². The lowest BCUT2D eigenvalue weighted by molar-refractivity contribution is 0.160. The summed E-state index contributed by atoms with van der Waals surface area (Å²) in [5.41, 5.74) is 1.50. The van der Waals surface area contributed by atoms with Crippen molar-refractivity contribution in [3.05, 3.63) is 11.9 Å². The Labute approximate surface area is 139 Å². The second kappa shape index (κ2) is 11.8. The number of unbranched alkanes of at least 4 members (excludes halogenated alkanes) is 9. The first-order valence-corrected chi connectivity index (χ1v) is 9.93. The third kappa shape index (κ3) is 6.62. The van der Waals surface area contributed by atoms with Gasteiger partial charge in [-0.05, 0) is 19.3 Å². The molecule has 0 saturated heterocycles. The number of nitrogens with zero attached hydrogens (tertiary/aromatic N) is 2. The second-order valence-electron chi connectivity index (χ2n) is 6.89. The third-order valence-corrected chi connectivity index (χ3v) is 5.10. The van der Waals surface area contributed by atoms with Crippen molar-refractivity contribution in [1.29, 1.82) is 0 Å². The van der Waals surface area contributed by atoms with Crippen molar-refractivity contribution in [1.82, 2.24) is 9.80 Å². The van der Waals surface area contributed by atoms with Crippen LogP contribution in [0.4, 0.5) is 0 Å². The lowest BCUT2D eigenvalue weighted by atomic mass is 10.1. The minimum atomic E-state index is 0.605. The highest BCUT2D eigenvalue weighted by Gasteiger charge is 2.25. The summed E-state index contributed by atoms with van der Waals surface area (Å²) in [6, 6.07) is 0. The average molecular weight is 309 g/mol. The van der Waals surface area contributed by atoms with Crippen LogP contribution in [0, 0.1) is 0 Å². The molecule has 130 valence electrons. The van der Waals surface area contributed by atoms with Crippen LogP contribution in [0.5, 0.6) is 0 Å². The molecule has 0 saturated carbocycles. The van der Waals surface area contributed by atoms with Crippen molar-refractivity contribution in [3.8, 4) is 0 Å². The molecule has 0 N–H and O–H groups in total. The molecule has 0 fully saturated rings. The van der Waals surface area contributed by atoms with E-state index in [0.29, 0.717) is 6.17 Å². The monoisotopic (exact) mass is 308 g/mol. The number of allylic oxidation sites excluding steroid dienone is 1. The predicted molar refractivity (Wildman–Crippen MR) is 98.8 cm³/mol. The average Bonchev–Trinajstić information content (AvgIpc) is 2.84. The minimum Gasteiger partial charge on any atom is -0.356 e. The Balaban J connectivity index is 2.03. The Kier molecular flexibility index (Phi) is 10.4. The maximum atomic E-state index is 2.57. The smallest absolute Gasteiger partial charge is 0.100 e. The molecule has 1 aliphatic rings. The van der Waals surface area contributed by atoms with Gasteiger partial charge >= 0.3 is 0 Å². The SMILES string of the molecule is CCCCCCCCCCCCN1C=C(CC)N(C)C1CC. The van der Waals surface area contributed by atoms with Gasteiger partial charge in [-0.1, -0.05) is 78.6 Å². The predicted octanol–water partition coefficient (Wildman–Crippen LogP) is 6.14. The summed E-state index contributed by atoms with van der Waals surface area (Å²) in [5.74, 6) is 0. The lowest BCUT2D eigenvalue weighted by Gasteiger charge is -2.30. The summed E-state index contributed by atoms with van der Waals surface area (Å²) < 4.78 is 0. The fourth-order valence-corrected chi connectivity index (χ4v) is 3.63. The Morgan fingerprint density at radius 1 is 0.818 bits per heavy atom. The van der Waals surface area contributed by atoms with Crippen LogP contribution in [-0.2, 0) is 0 Å². The van der Waals surface area contributed by atoms with Gasteiger partial charge in [0.05, 0.1) is 0 Å². The van der Waals surface area contributed by atoms with Crippen molar-refractivity contribution in [3.63, 3.8) is 0 Å². The molecule has 1 rings (SSSR count). The molecule has 0 radical (unpaired) electrons. The maximum Gasteiger partial charge on any atom is 0.100 e. The summed E-state index contributed by atoms with van der Waals surface area (Å²) in [5, 5.41) is 0. The van der Waals surface area contributed by atoms with E-state index in [1.165, 1.54) is 82.9 Å². The Hall–Kier alpha value is -0.660. The zero-order valence-electron chi connectivity index (χ0n) is 15.7. The first kappa shape index (κ1) is 19.4. The van der Waals surface area contributed by atoms with Crippen LogP contribution in [0.3, 0.4) is 0 Å². The van der Waals surface area contributed by atoms with Crippen LogP contribution in [0.2, 0.25) is 0 Å². The lowest BCUT2D eigenvalue weighted by Crippen LogP contribution is -2.37. The number of hydrogen-bond donors (Lipinski definition) is 0. The van der Waals surface area contributed by atoms with Gasteiger partial charge in [0.15, 0.2) is 0 Å². The molecule has 2 heteroatoms. The Morgan fingerprint density at radius 2 is 1.36 bits per heavy atom. The van der Waals surface area contributed by atoms with Gasteiger partial charge in [0.2, 0.25) is 0 Å². The van der Waals surface area contributed by atoms with Crippen LogP contribution in [0.1, 0.15) is 97.8 Å².